The molecule has 4 nitrogen and oxygen atoms in total. The highest BCUT2D eigenvalue weighted by Crippen LogP contribution is 2.25. The topological polar surface area (TPSA) is 49.4 Å². The van der Waals surface area contributed by atoms with Crippen LogP contribution in [0, 0.1) is 11.8 Å². The minimum atomic E-state index is -0.110. The van der Waals surface area contributed by atoms with E-state index in [-0.39, 0.29) is 17.7 Å². The summed E-state index contributed by atoms with van der Waals surface area (Å²) in [6, 6.07) is 0. The number of piperidine rings is 2. The van der Waals surface area contributed by atoms with Crippen molar-refractivity contribution in [1.29, 1.82) is 0 Å². The van der Waals surface area contributed by atoms with Crippen LogP contribution in [0.1, 0.15) is 13.3 Å². The van der Waals surface area contributed by atoms with Gasteiger partial charge in [-0.15, -0.1) is 0 Å². The Labute approximate surface area is 77.3 Å². The lowest BCUT2D eigenvalue weighted by molar-refractivity contribution is -0.151. The molecular weight excluding hydrogens is 168 g/mol. The fraction of sp³-hybridized carbons (Fsp3) is 0.778. The molecule has 2 amide bonds. The first-order chi connectivity index (χ1) is 6.18. The number of rotatable bonds is 0. The third kappa shape index (κ3) is 1.46. The summed E-state index contributed by atoms with van der Waals surface area (Å²) >= 11 is 0. The lowest BCUT2D eigenvalue weighted by atomic mass is 9.85. The molecule has 13 heavy (non-hydrogen) atoms. The SMILES string of the molecule is CC(=O)N1C[C@@H]2CNC[C@H](C2)C1=O. The van der Waals surface area contributed by atoms with Crippen molar-refractivity contribution in [3.05, 3.63) is 0 Å². The van der Waals surface area contributed by atoms with Crippen LogP contribution in [0.2, 0.25) is 0 Å². The number of nitrogens with one attached hydrogen (secondary N) is 1. The summed E-state index contributed by atoms with van der Waals surface area (Å²) in [6.07, 6.45) is 0.954. The Hall–Kier alpha value is -0.900. The number of carbonyl (C=O) groups is 2. The Morgan fingerprint density at radius 3 is 3.00 bits per heavy atom. The molecule has 2 heterocycles. The smallest absolute Gasteiger partial charge is 0.233 e. The van der Waals surface area contributed by atoms with E-state index in [1.165, 1.54) is 11.8 Å². The Morgan fingerprint density at radius 1 is 1.54 bits per heavy atom. The molecule has 2 aliphatic heterocycles. The third-order valence-corrected chi connectivity index (χ3v) is 2.88. The normalized spacial score (nSPS) is 33.3. The average Bonchev–Trinajstić information content (AvgIpc) is 2.12. The molecule has 0 spiro atoms. The van der Waals surface area contributed by atoms with E-state index < -0.39 is 0 Å². The Balaban J connectivity index is 2.15. The number of hydrogen-bond acceptors (Lipinski definition) is 3. The van der Waals surface area contributed by atoms with Gasteiger partial charge in [-0.25, -0.2) is 0 Å². The van der Waals surface area contributed by atoms with E-state index in [0.29, 0.717) is 12.5 Å². The van der Waals surface area contributed by atoms with E-state index in [1.807, 2.05) is 0 Å². The van der Waals surface area contributed by atoms with Crippen LogP contribution in [0.4, 0.5) is 0 Å². The number of imide groups is 1. The fourth-order valence-electron chi connectivity index (χ4n) is 2.21. The highest BCUT2D eigenvalue weighted by Gasteiger charge is 2.38. The summed E-state index contributed by atoms with van der Waals surface area (Å²) in [5, 5.41) is 3.22. The second-order valence-corrected chi connectivity index (χ2v) is 3.92. The fourth-order valence-corrected chi connectivity index (χ4v) is 2.21. The van der Waals surface area contributed by atoms with E-state index in [2.05, 4.69) is 5.32 Å². The monoisotopic (exact) mass is 182 g/mol. The van der Waals surface area contributed by atoms with E-state index in [1.54, 1.807) is 0 Å². The lowest BCUT2D eigenvalue weighted by Gasteiger charge is -2.39. The van der Waals surface area contributed by atoms with Gasteiger partial charge in [0.25, 0.3) is 0 Å². The second-order valence-electron chi connectivity index (χ2n) is 3.92. The van der Waals surface area contributed by atoms with Gasteiger partial charge in [-0.1, -0.05) is 0 Å². The molecule has 2 fully saturated rings. The molecule has 2 bridgehead atoms. The van der Waals surface area contributed by atoms with Crippen molar-refractivity contribution in [2.45, 2.75) is 13.3 Å². The van der Waals surface area contributed by atoms with Gasteiger partial charge < -0.3 is 5.32 Å². The van der Waals surface area contributed by atoms with Crippen molar-refractivity contribution in [3.8, 4) is 0 Å². The highest BCUT2D eigenvalue weighted by molar-refractivity contribution is 5.96. The van der Waals surface area contributed by atoms with Crippen molar-refractivity contribution in [2.75, 3.05) is 19.6 Å². The molecule has 4 heteroatoms. The maximum atomic E-state index is 11.6. The second kappa shape index (κ2) is 3.10. The molecule has 0 unspecified atom stereocenters. The van der Waals surface area contributed by atoms with Crippen molar-refractivity contribution in [2.24, 2.45) is 11.8 Å². The van der Waals surface area contributed by atoms with Crippen LogP contribution in [-0.2, 0) is 9.59 Å². The quantitative estimate of drug-likeness (QED) is 0.554. The van der Waals surface area contributed by atoms with Crippen LogP contribution in [0.25, 0.3) is 0 Å². The number of carbonyl (C=O) groups excluding carboxylic acids is 2. The predicted octanol–water partition coefficient (Wildman–Crippen LogP) is -0.399. The molecule has 0 radical (unpaired) electrons. The minimum absolute atomic E-state index is 0.0101. The first-order valence-corrected chi connectivity index (χ1v) is 4.71. The summed E-state index contributed by atoms with van der Waals surface area (Å²) in [6.45, 7) is 3.75. The van der Waals surface area contributed by atoms with Gasteiger partial charge in [-0.05, 0) is 18.9 Å². The largest absolute Gasteiger partial charge is 0.316 e. The Morgan fingerprint density at radius 2 is 2.31 bits per heavy atom. The van der Waals surface area contributed by atoms with Gasteiger partial charge in [0.2, 0.25) is 11.8 Å². The maximum absolute atomic E-state index is 11.6. The minimum Gasteiger partial charge on any atom is -0.316 e. The first-order valence-electron chi connectivity index (χ1n) is 4.71. The standard InChI is InChI=1S/C9H14N2O2/c1-6(12)11-5-7-2-8(9(11)13)4-10-3-7/h7-8,10H,2-5H2,1H3/t7-,8-/m0/s1. The van der Waals surface area contributed by atoms with Crippen molar-refractivity contribution in [1.82, 2.24) is 10.2 Å². The van der Waals surface area contributed by atoms with Crippen LogP contribution < -0.4 is 5.32 Å². The Kier molecular flexibility index (Phi) is 2.07. The molecule has 2 saturated heterocycles. The molecule has 2 rings (SSSR count). The van der Waals surface area contributed by atoms with Crippen LogP contribution in [0.15, 0.2) is 0 Å². The summed E-state index contributed by atoms with van der Waals surface area (Å²) in [5.74, 6) is 0.411. The molecule has 72 valence electrons. The van der Waals surface area contributed by atoms with Crippen LogP contribution in [0.3, 0.4) is 0 Å². The predicted molar refractivity (Wildman–Crippen MR) is 46.9 cm³/mol. The summed E-state index contributed by atoms with van der Waals surface area (Å²) in [7, 11) is 0. The molecule has 0 saturated carbocycles. The zero-order chi connectivity index (χ0) is 9.42. The van der Waals surface area contributed by atoms with Gasteiger partial charge in [0.1, 0.15) is 0 Å². The van der Waals surface area contributed by atoms with Gasteiger partial charge in [0, 0.05) is 20.0 Å². The van der Waals surface area contributed by atoms with E-state index in [4.69, 9.17) is 0 Å². The van der Waals surface area contributed by atoms with Crippen molar-refractivity contribution < 1.29 is 9.59 Å². The van der Waals surface area contributed by atoms with Gasteiger partial charge in [0.15, 0.2) is 0 Å². The molecule has 0 aromatic rings. The molecular formula is C9H14N2O2. The number of fused-ring (bicyclic) bond motifs is 2. The Bertz CT molecular complexity index is 252. The number of amides is 2. The van der Waals surface area contributed by atoms with Gasteiger partial charge >= 0.3 is 0 Å². The van der Waals surface area contributed by atoms with Gasteiger partial charge in [-0.3, -0.25) is 14.5 Å². The molecule has 1 N–H and O–H groups in total. The summed E-state index contributed by atoms with van der Waals surface area (Å²) in [4.78, 5) is 24.2. The number of nitrogens with zero attached hydrogens (tertiary/aromatic N) is 1. The first kappa shape index (κ1) is 8.69. The number of hydrogen-bond donors (Lipinski definition) is 1. The van der Waals surface area contributed by atoms with Crippen LogP contribution in [-0.4, -0.2) is 36.3 Å². The lowest BCUT2D eigenvalue weighted by Crippen LogP contribution is -2.55. The summed E-state index contributed by atoms with van der Waals surface area (Å²) in [5.41, 5.74) is 0. The number of likely N-dealkylation sites (tertiary alicyclic amines) is 1. The molecule has 2 atom stereocenters. The maximum Gasteiger partial charge on any atom is 0.233 e. The highest BCUT2D eigenvalue weighted by atomic mass is 16.2. The van der Waals surface area contributed by atoms with E-state index in [0.717, 1.165) is 19.5 Å². The third-order valence-electron chi connectivity index (χ3n) is 2.88. The van der Waals surface area contributed by atoms with Crippen LogP contribution >= 0.6 is 0 Å². The van der Waals surface area contributed by atoms with E-state index >= 15 is 0 Å². The zero-order valence-electron chi connectivity index (χ0n) is 7.75. The van der Waals surface area contributed by atoms with Crippen molar-refractivity contribution >= 4 is 11.8 Å². The van der Waals surface area contributed by atoms with Gasteiger partial charge in [0.05, 0.1) is 5.92 Å². The van der Waals surface area contributed by atoms with Crippen molar-refractivity contribution in [3.63, 3.8) is 0 Å². The summed E-state index contributed by atoms with van der Waals surface area (Å²) < 4.78 is 0. The zero-order valence-corrected chi connectivity index (χ0v) is 7.75. The van der Waals surface area contributed by atoms with E-state index in [9.17, 15) is 9.59 Å². The molecule has 2 aliphatic rings. The van der Waals surface area contributed by atoms with Crippen LogP contribution in [0.5, 0.6) is 0 Å². The average molecular weight is 182 g/mol. The molecule has 0 aromatic heterocycles. The molecule has 0 aromatic carbocycles. The molecule has 0 aliphatic carbocycles. The van der Waals surface area contributed by atoms with Gasteiger partial charge in [-0.2, -0.15) is 0 Å².